The van der Waals surface area contributed by atoms with Gasteiger partial charge in [-0.15, -0.1) is 16.9 Å². The van der Waals surface area contributed by atoms with Crippen molar-refractivity contribution in [2.24, 2.45) is 0 Å². The molecule has 1 atom stereocenters. The number of rotatable bonds is 7. The van der Waals surface area contributed by atoms with Crippen LogP contribution in [0.2, 0.25) is 0 Å². The Morgan fingerprint density at radius 3 is 1.68 bits per heavy atom. The highest BCUT2D eigenvalue weighted by Gasteiger charge is 2.40. The second-order valence-electron chi connectivity index (χ2n) is 7.07. The van der Waals surface area contributed by atoms with E-state index in [1.165, 1.54) is 11.8 Å². The van der Waals surface area contributed by atoms with E-state index < -0.39 is 5.54 Å². The van der Waals surface area contributed by atoms with Crippen LogP contribution in [-0.4, -0.2) is 26.4 Å². The molecule has 1 aromatic heterocycles. The molecule has 0 saturated heterocycles. The van der Waals surface area contributed by atoms with Gasteiger partial charge in [0.1, 0.15) is 15.8 Å². The predicted octanol–water partition coefficient (Wildman–Crippen LogP) is 5.76. The zero-order chi connectivity index (χ0) is 21.7. The average Bonchev–Trinajstić information content (AvgIpc) is 3.30. The summed E-state index contributed by atoms with van der Waals surface area (Å²) in [5.41, 5.74) is 3.34. The first-order valence-electron chi connectivity index (χ1n) is 9.95. The van der Waals surface area contributed by atoms with Crippen LogP contribution in [0.3, 0.4) is 0 Å². The minimum absolute atomic E-state index is 0.0642. The Kier molecular flexibility index (Phi) is 6.59. The number of carbonyl (C=O) groups is 1. The van der Waals surface area contributed by atoms with Gasteiger partial charge in [0.05, 0.1) is 6.20 Å². The average molecular weight is 446 g/mol. The number of hydrogen-bond acceptors (Lipinski definition) is 5. The van der Waals surface area contributed by atoms with Crippen molar-refractivity contribution < 1.29 is 4.79 Å². The van der Waals surface area contributed by atoms with Crippen LogP contribution in [0, 0.1) is 0 Å². The van der Waals surface area contributed by atoms with Gasteiger partial charge in [-0.1, -0.05) is 108 Å². The number of hydrogen-bond donors (Lipinski definition) is 0. The van der Waals surface area contributed by atoms with Crippen LogP contribution in [0.1, 0.15) is 33.9 Å². The fourth-order valence-electron chi connectivity index (χ4n) is 3.86. The van der Waals surface area contributed by atoms with Gasteiger partial charge in [-0.25, -0.2) is 4.68 Å². The highest BCUT2D eigenvalue weighted by Crippen LogP contribution is 2.42. The van der Waals surface area contributed by atoms with Crippen molar-refractivity contribution in [1.82, 2.24) is 15.0 Å². The predicted molar refractivity (Wildman–Crippen MR) is 129 cm³/mol. The second kappa shape index (κ2) is 9.54. The first-order valence-corrected chi connectivity index (χ1v) is 12.1. The maximum atomic E-state index is 11.7. The third-order valence-corrected chi connectivity index (χ3v) is 7.48. The molecule has 0 bridgehead atoms. The van der Waals surface area contributed by atoms with Crippen molar-refractivity contribution in [1.29, 1.82) is 0 Å². The minimum Gasteiger partial charge on any atom is -0.287 e. The van der Waals surface area contributed by atoms with E-state index >= 15 is 0 Å². The van der Waals surface area contributed by atoms with E-state index in [9.17, 15) is 4.79 Å². The normalized spacial score (nSPS) is 12.5. The van der Waals surface area contributed by atoms with Crippen LogP contribution in [0.25, 0.3) is 0 Å². The monoisotopic (exact) mass is 445 g/mol. The summed E-state index contributed by atoms with van der Waals surface area (Å²) >= 11 is 2.86. The summed E-state index contributed by atoms with van der Waals surface area (Å²) in [7, 11) is 0. The van der Waals surface area contributed by atoms with Gasteiger partial charge < -0.3 is 0 Å². The van der Waals surface area contributed by atoms with Crippen LogP contribution in [0.4, 0.5) is 0 Å². The Morgan fingerprint density at radius 1 is 0.839 bits per heavy atom. The van der Waals surface area contributed by atoms with Crippen molar-refractivity contribution in [3.63, 3.8) is 0 Å². The van der Waals surface area contributed by atoms with E-state index in [0.717, 1.165) is 22.4 Å². The molecular weight excluding hydrogens is 422 g/mol. The molecule has 4 aromatic rings. The molecule has 0 amide bonds. The first kappa shape index (κ1) is 21.4. The van der Waals surface area contributed by atoms with Gasteiger partial charge in [0.15, 0.2) is 5.12 Å². The molecule has 1 unspecified atom stereocenters. The highest BCUT2D eigenvalue weighted by molar-refractivity contribution is 8.23. The van der Waals surface area contributed by atoms with Gasteiger partial charge in [0.2, 0.25) is 0 Å². The number of thioether (sulfide) groups is 2. The molecule has 0 radical (unpaired) electrons. The number of nitrogens with zero attached hydrogens (tertiary/aromatic N) is 3. The molecule has 6 heteroatoms. The quantitative estimate of drug-likeness (QED) is 0.267. The molecule has 0 fully saturated rings. The van der Waals surface area contributed by atoms with E-state index in [-0.39, 0.29) is 9.70 Å². The van der Waals surface area contributed by atoms with Crippen molar-refractivity contribution >= 4 is 28.6 Å². The van der Waals surface area contributed by atoms with Gasteiger partial charge in [-0.2, -0.15) is 0 Å². The van der Waals surface area contributed by atoms with Crippen LogP contribution >= 0.6 is 23.5 Å². The van der Waals surface area contributed by atoms with E-state index in [1.54, 1.807) is 18.7 Å². The molecule has 4 rings (SSSR count). The van der Waals surface area contributed by atoms with Crippen molar-refractivity contribution in [2.45, 2.75) is 17.0 Å². The molecule has 0 spiro atoms. The van der Waals surface area contributed by atoms with Gasteiger partial charge in [0.25, 0.3) is 0 Å². The third kappa shape index (κ3) is 4.18. The van der Waals surface area contributed by atoms with E-state index in [2.05, 4.69) is 46.7 Å². The third-order valence-electron chi connectivity index (χ3n) is 5.16. The molecule has 156 valence electrons. The Bertz CT molecular complexity index is 1030. The van der Waals surface area contributed by atoms with Crippen molar-refractivity contribution in [3.05, 3.63) is 120 Å². The van der Waals surface area contributed by atoms with Gasteiger partial charge >= 0.3 is 0 Å². The molecule has 1 heterocycles. The SMILES string of the molecule is CSC(SC(C)=O)c1cn(C(c2ccccc2)(c2ccccc2)c2ccccc2)nn1. The molecule has 0 saturated carbocycles. The fraction of sp³-hybridized carbons (Fsp3) is 0.160. The maximum absolute atomic E-state index is 11.7. The van der Waals surface area contributed by atoms with Gasteiger partial charge in [-0.3, -0.25) is 4.79 Å². The molecule has 0 aliphatic carbocycles. The summed E-state index contributed by atoms with van der Waals surface area (Å²) in [6, 6.07) is 31.1. The summed E-state index contributed by atoms with van der Waals surface area (Å²) in [4.78, 5) is 11.7. The van der Waals surface area contributed by atoms with E-state index in [0.29, 0.717) is 0 Å². The zero-order valence-corrected chi connectivity index (χ0v) is 19.0. The summed E-state index contributed by atoms with van der Waals surface area (Å²) in [5.74, 6) is 0. The van der Waals surface area contributed by atoms with Crippen LogP contribution < -0.4 is 0 Å². The molecule has 4 nitrogen and oxygen atoms in total. The Balaban J connectivity index is 1.99. The number of carbonyl (C=O) groups excluding carboxylic acids is 1. The molecule has 3 aromatic carbocycles. The largest absolute Gasteiger partial charge is 0.287 e. The first-order chi connectivity index (χ1) is 15.2. The summed E-state index contributed by atoms with van der Waals surface area (Å²) in [6.45, 7) is 1.58. The van der Waals surface area contributed by atoms with Crippen molar-refractivity contribution in [3.8, 4) is 0 Å². The van der Waals surface area contributed by atoms with Crippen molar-refractivity contribution in [2.75, 3.05) is 6.26 Å². The highest BCUT2D eigenvalue weighted by atomic mass is 32.2. The molecule has 0 N–H and O–H groups in total. The maximum Gasteiger partial charge on any atom is 0.187 e. The molecule has 0 aliphatic rings. The lowest BCUT2D eigenvalue weighted by Crippen LogP contribution is -2.38. The fourth-order valence-corrected chi connectivity index (χ4v) is 5.53. The Labute approximate surface area is 191 Å². The smallest absolute Gasteiger partial charge is 0.187 e. The topological polar surface area (TPSA) is 47.8 Å². The van der Waals surface area contributed by atoms with E-state index in [1.807, 2.05) is 71.7 Å². The lowest BCUT2D eigenvalue weighted by molar-refractivity contribution is -0.109. The van der Waals surface area contributed by atoms with Crippen LogP contribution in [0.15, 0.2) is 97.2 Å². The lowest BCUT2D eigenvalue weighted by Gasteiger charge is -2.35. The Hall–Kier alpha value is -2.83. The lowest BCUT2D eigenvalue weighted by atomic mass is 9.77. The van der Waals surface area contributed by atoms with Crippen LogP contribution in [-0.2, 0) is 10.3 Å². The zero-order valence-electron chi connectivity index (χ0n) is 17.4. The van der Waals surface area contributed by atoms with Crippen LogP contribution in [0.5, 0.6) is 0 Å². The molecule has 31 heavy (non-hydrogen) atoms. The van der Waals surface area contributed by atoms with Gasteiger partial charge in [0, 0.05) is 6.92 Å². The number of benzene rings is 3. The standard InChI is InChI=1S/C25H23N3OS2/c1-19(29)31-24(30-2)23-18-28(27-26-23)25(20-12-6-3-7-13-20,21-14-8-4-9-15-21)22-16-10-5-11-17-22/h3-18,24H,1-2H3. The van der Waals surface area contributed by atoms with E-state index in [4.69, 9.17) is 0 Å². The summed E-state index contributed by atoms with van der Waals surface area (Å²) in [6.07, 6.45) is 3.96. The molecular formula is C25H23N3OS2. The van der Waals surface area contributed by atoms with Gasteiger partial charge in [-0.05, 0) is 22.9 Å². The molecule has 0 aliphatic heterocycles. The summed E-state index contributed by atoms with van der Waals surface area (Å²) in [5, 5.41) is 9.19. The minimum atomic E-state index is -0.696. The second-order valence-corrected chi connectivity index (χ2v) is 9.60. The number of aromatic nitrogens is 3. The summed E-state index contributed by atoms with van der Waals surface area (Å²) < 4.78 is 1.83. The Morgan fingerprint density at radius 2 is 1.29 bits per heavy atom.